The smallest absolute Gasteiger partial charge is 0.0917 e. The van der Waals surface area contributed by atoms with Gasteiger partial charge in [-0.1, -0.05) is 29.3 Å². The van der Waals surface area contributed by atoms with Crippen molar-refractivity contribution in [3.63, 3.8) is 0 Å². The number of aliphatic hydroxyl groups is 1. The van der Waals surface area contributed by atoms with Crippen molar-refractivity contribution < 1.29 is 9.84 Å². The van der Waals surface area contributed by atoms with E-state index in [0.717, 1.165) is 44.6 Å². The molecule has 0 saturated carbocycles. The van der Waals surface area contributed by atoms with Gasteiger partial charge in [0.15, 0.2) is 0 Å². The number of aryl methyl sites for hydroxylation is 2. The van der Waals surface area contributed by atoms with E-state index in [1.807, 2.05) is 0 Å². The minimum absolute atomic E-state index is 0.391. The molecule has 0 spiro atoms. The van der Waals surface area contributed by atoms with E-state index in [2.05, 4.69) is 43.9 Å². The Morgan fingerprint density at radius 2 is 1.80 bits per heavy atom. The minimum Gasteiger partial charge on any atom is -0.387 e. The van der Waals surface area contributed by atoms with Gasteiger partial charge in [-0.2, -0.15) is 0 Å². The summed E-state index contributed by atoms with van der Waals surface area (Å²) in [6.07, 6.45) is 2.17. The predicted octanol–water partition coefficient (Wildman–Crippen LogP) is 2.84. The zero-order chi connectivity index (χ0) is 14.5. The Morgan fingerprint density at radius 1 is 1.20 bits per heavy atom. The molecule has 3 nitrogen and oxygen atoms in total. The first-order valence-corrected chi connectivity index (χ1v) is 7.68. The van der Waals surface area contributed by atoms with Gasteiger partial charge >= 0.3 is 0 Å². The largest absolute Gasteiger partial charge is 0.387 e. The molecule has 3 heteroatoms. The van der Waals surface area contributed by atoms with Gasteiger partial charge in [0, 0.05) is 26.2 Å². The molecule has 1 aliphatic rings. The summed E-state index contributed by atoms with van der Waals surface area (Å²) >= 11 is 0. The van der Waals surface area contributed by atoms with E-state index in [9.17, 15) is 5.11 Å². The van der Waals surface area contributed by atoms with E-state index in [0.29, 0.717) is 6.10 Å². The first-order valence-electron chi connectivity index (χ1n) is 7.68. The van der Waals surface area contributed by atoms with Crippen molar-refractivity contribution >= 4 is 0 Å². The lowest BCUT2D eigenvalue weighted by Crippen LogP contribution is -2.39. The lowest BCUT2D eigenvalue weighted by atomic mass is 10.0. The Bertz CT molecular complexity index is 405. The molecule has 0 amide bonds. The van der Waals surface area contributed by atoms with Crippen LogP contribution in [0.2, 0.25) is 0 Å². The maximum absolute atomic E-state index is 10.4. The number of aliphatic hydroxyl groups excluding tert-OH is 1. The Morgan fingerprint density at radius 3 is 2.35 bits per heavy atom. The third kappa shape index (κ3) is 4.30. The van der Waals surface area contributed by atoms with Gasteiger partial charge in [-0.25, -0.2) is 0 Å². The average molecular weight is 277 g/mol. The predicted molar refractivity (Wildman–Crippen MR) is 82.0 cm³/mol. The molecule has 2 rings (SSSR count). The number of likely N-dealkylation sites (tertiary alicyclic amines) is 1. The van der Waals surface area contributed by atoms with Crippen LogP contribution in [0, 0.1) is 13.8 Å². The minimum atomic E-state index is -0.391. The highest BCUT2D eigenvalue weighted by atomic mass is 16.5. The normalized spacial score (nSPS) is 19.2. The molecule has 1 heterocycles. The van der Waals surface area contributed by atoms with E-state index in [1.54, 1.807) is 0 Å². The van der Waals surface area contributed by atoms with Crippen molar-refractivity contribution in [2.75, 3.05) is 26.2 Å². The second-order valence-electron chi connectivity index (χ2n) is 5.89. The summed E-state index contributed by atoms with van der Waals surface area (Å²) in [5.74, 6) is 0. The van der Waals surface area contributed by atoms with Gasteiger partial charge in [0.1, 0.15) is 0 Å². The molecule has 1 fully saturated rings. The summed E-state index contributed by atoms with van der Waals surface area (Å²) in [5.41, 5.74) is 3.47. The van der Waals surface area contributed by atoms with Crippen molar-refractivity contribution in [3.8, 4) is 0 Å². The number of hydrogen-bond donors (Lipinski definition) is 1. The molecule has 1 aromatic rings. The van der Waals surface area contributed by atoms with Crippen LogP contribution in [0.5, 0.6) is 0 Å². The van der Waals surface area contributed by atoms with Crippen molar-refractivity contribution in [1.29, 1.82) is 0 Å². The zero-order valence-corrected chi connectivity index (χ0v) is 12.9. The number of hydrogen-bond acceptors (Lipinski definition) is 3. The van der Waals surface area contributed by atoms with Gasteiger partial charge in [0.2, 0.25) is 0 Å². The highest BCUT2D eigenvalue weighted by Crippen LogP contribution is 2.21. The SMILES string of the molecule is CCOC1CCN(CC(O)c2cc(C)cc(C)c2)CC1. The standard InChI is InChI=1S/C17H27NO2/c1-4-20-16-5-7-18(8-6-16)12-17(19)15-10-13(2)9-14(3)11-15/h9-11,16-17,19H,4-8,12H2,1-3H3. The first-order chi connectivity index (χ1) is 9.58. The van der Waals surface area contributed by atoms with Crippen LogP contribution in [0.25, 0.3) is 0 Å². The highest BCUT2D eigenvalue weighted by Gasteiger charge is 2.21. The summed E-state index contributed by atoms with van der Waals surface area (Å²) in [6.45, 7) is 9.78. The molecule has 0 bridgehead atoms. The Kier molecular flexibility index (Phi) is 5.58. The number of ether oxygens (including phenoxy) is 1. The summed E-state index contributed by atoms with van der Waals surface area (Å²) < 4.78 is 5.66. The van der Waals surface area contributed by atoms with Crippen molar-refractivity contribution in [1.82, 2.24) is 4.90 Å². The Balaban J connectivity index is 1.87. The van der Waals surface area contributed by atoms with Crippen LogP contribution in [0.3, 0.4) is 0 Å². The summed E-state index contributed by atoms with van der Waals surface area (Å²) in [6, 6.07) is 6.32. The molecule has 1 N–H and O–H groups in total. The van der Waals surface area contributed by atoms with E-state index in [1.165, 1.54) is 11.1 Å². The molecule has 112 valence electrons. The van der Waals surface area contributed by atoms with Crippen LogP contribution >= 0.6 is 0 Å². The Hall–Kier alpha value is -0.900. The molecule has 20 heavy (non-hydrogen) atoms. The second kappa shape index (κ2) is 7.21. The first kappa shape index (κ1) is 15.5. The monoisotopic (exact) mass is 277 g/mol. The maximum Gasteiger partial charge on any atom is 0.0917 e. The fourth-order valence-electron chi connectivity index (χ4n) is 3.05. The molecular formula is C17H27NO2. The van der Waals surface area contributed by atoms with E-state index in [-0.39, 0.29) is 0 Å². The number of β-amino-alcohol motifs (C(OH)–C–C–N with tert-alkyl or cyclic N) is 1. The molecule has 1 aliphatic heterocycles. The van der Waals surface area contributed by atoms with Crippen LogP contribution in [-0.2, 0) is 4.74 Å². The van der Waals surface area contributed by atoms with Gasteiger partial charge < -0.3 is 14.7 Å². The molecule has 0 radical (unpaired) electrons. The topological polar surface area (TPSA) is 32.7 Å². The van der Waals surface area contributed by atoms with Crippen LogP contribution in [0.4, 0.5) is 0 Å². The fourth-order valence-corrected chi connectivity index (χ4v) is 3.05. The third-order valence-electron chi connectivity index (χ3n) is 4.00. The van der Waals surface area contributed by atoms with Crippen molar-refractivity contribution in [2.45, 2.75) is 45.8 Å². The van der Waals surface area contributed by atoms with E-state index < -0.39 is 6.10 Å². The quantitative estimate of drug-likeness (QED) is 0.898. The Labute approximate surface area is 122 Å². The second-order valence-corrected chi connectivity index (χ2v) is 5.89. The van der Waals surface area contributed by atoms with Gasteiger partial charge in [-0.15, -0.1) is 0 Å². The number of nitrogens with zero attached hydrogens (tertiary/aromatic N) is 1. The van der Waals surface area contributed by atoms with E-state index in [4.69, 9.17) is 4.74 Å². The molecule has 1 aromatic carbocycles. The molecule has 1 atom stereocenters. The van der Waals surface area contributed by atoms with Gasteiger partial charge in [-0.05, 0) is 39.2 Å². The highest BCUT2D eigenvalue weighted by molar-refractivity contribution is 5.30. The van der Waals surface area contributed by atoms with Crippen LogP contribution in [-0.4, -0.2) is 42.4 Å². The lowest BCUT2D eigenvalue weighted by molar-refractivity contribution is 0.00327. The summed E-state index contributed by atoms with van der Waals surface area (Å²) in [7, 11) is 0. The van der Waals surface area contributed by atoms with Gasteiger partial charge in [0.25, 0.3) is 0 Å². The molecule has 1 unspecified atom stereocenters. The summed E-state index contributed by atoms with van der Waals surface area (Å²) in [5, 5.41) is 10.4. The number of benzene rings is 1. The zero-order valence-electron chi connectivity index (χ0n) is 12.9. The molecule has 1 saturated heterocycles. The van der Waals surface area contributed by atoms with Crippen LogP contribution < -0.4 is 0 Å². The van der Waals surface area contributed by atoms with Gasteiger partial charge in [-0.3, -0.25) is 0 Å². The van der Waals surface area contributed by atoms with Crippen LogP contribution in [0.1, 0.15) is 42.6 Å². The lowest BCUT2D eigenvalue weighted by Gasteiger charge is -2.33. The van der Waals surface area contributed by atoms with Crippen molar-refractivity contribution in [3.05, 3.63) is 34.9 Å². The maximum atomic E-state index is 10.4. The third-order valence-corrected chi connectivity index (χ3v) is 4.00. The molecular weight excluding hydrogens is 250 g/mol. The number of rotatable bonds is 5. The van der Waals surface area contributed by atoms with Crippen LogP contribution in [0.15, 0.2) is 18.2 Å². The molecule has 0 aromatic heterocycles. The fraction of sp³-hybridized carbons (Fsp3) is 0.647. The van der Waals surface area contributed by atoms with Gasteiger partial charge in [0.05, 0.1) is 12.2 Å². The molecule has 0 aliphatic carbocycles. The van der Waals surface area contributed by atoms with Crippen molar-refractivity contribution in [2.24, 2.45) is 0 Å². The summed E-state index contributed by atoms with van der Waals surface area (Å²) in [4.78, 5) is 2.35. The van der Waals surface area contributed by atoms with E-state index >= 15 is 0 Å². The number of piperidine rings is 1. The average Bonchev–Trinajstić information content (AvgIpc) is 2.40.